The first-order valence-electron chi connectivity index (χ1n) is 9.49. The smallest absolute Gasteiger partial charge is 0.444 e. The minimum atomic E-state index is -5.92. The summed E-state index contributed by atoms with van der Waals surface area (Å²) in [7, 11) is -5.92. The van der Waals surface area contributed by atoms with E-state index in [0.717, 1.165) is 6.07 Å². The van der Waals surface area contributed by atoms with E-state index in [9.17, 15) is 26.4 Å². The van der Waals surface area contributed by atoms with Gasteiger partial charge in [-0.3, -0.25) is 4.90 Å². The summed E-state index contributed by atoms with van der Waals surface area (Å²) in [5.74, 6) is -0.788. The molecule has 3 heterocycles. The molecular formula is C17H23F3N4O6S. The Morgan fingerprint density at radius 1 is 1.16 bits per heavy atom. The van der Waals surface area contributed by atoms with E-state index in [2.05, 4.69) is 14.2 Å². The Balaban J connectivity index is 1.93. The molecule has 0 N–H and O–H groups in total. The molecule has 0 aliphatic carbocycles. The van der Waals surface area contributed by atoms with Crippen LogP contribution in [-0.4, -0.2) is 73.3 Å². The molecule has 2 saturated heterocycles. The zero-order valence-corrected chi connectivity index (χ0v) is 18.0. The van der Waals surface area contributed by atoms with E-state index in [1.54, 1.807) is 25.7 Å². The average molecular weight is 468 g/mol. The van der Waals surface area contributed by atoms with Crippen molar-refractivity contribution in [2.24, 2.45) is 0 Å². The second-order valence-electron chi connectivity index (χ2n) is 7.99. The zero-order valence-electron chi connectivity index (χ0n) is 17.2. The molecule has 0 radical (unpaired) electrons. The number of alkyl halides is 3. The number of likely N-dealkylation sites (tertiary alicyclic amines) is 1. The molecule has 2 fully saturated rings. The molecule has 0 spiro atoms. The minimum absolute atomic E-state index is 0.00999. The van der Waals surface area contributed by atoms with E-state index in [-0.39, 0.29) is 11.6 Å². The van der Waals surface area contributed by atoms with Gasteiger partial charge in [-0.25, -0.2) is 9.78 Å². The molecule has 1 aromatic rings. The van der Waals surface area contributed by atoms with Crippen LogP contribution in [0.1, 0.15) is 38.9 Å². The van der Waals surface area contributed by atoms with Crippen molar-refractivity contribution in [3.63, 3.8) is 0 Å². The highest BCUT2D eigenvalue weighted by molar-refractivity contribution is 7.87. The van der Waals surface area contributed by atoms with E-state index in [4.69, 9.17) is 9.47 Å². The lowest BCUT2D eigenvalue weighted by Crippen LogP contribution is -2.48. The van der Waals surface area contributed by atoms with Crippen molar-refractivity contribution in [1.29, 1.82) is 0 Å². The number of halogens is 3. The number of hydrogen-bond donors (Lipinski definition) is 0. The van der Waals surface area contributed by atoms with E-state index in [1.807, 2.05) is 0 Å². The van der Waals surface area contributed by atoms with Crippen LogP contribution in [0.5, 0.6) is 5.88 Å². The van der Waals surface area contributed by atoms with Gasteiger partial charge in [0.15, 0.2) is 0 Å². The number of carbonyl (C=O) groups is 1. The number of amides is 1. The third-order valence-electron chi connectivity index (χ3n) is 4.47. The van der Waals surface area contributed by atoms with E-state index < -0.39 is 39.2 Å². The zero-order chi connectivity index (χ0) is 23.0. The molecule has 1 aromatic heterocycles. The van der Waals surface area contributed by atoms with Gasteiger partial charge in [-0.15, -0.1) is 0 Å². The lowest BCUT2D eigenvalue weighted by Gasteiger charge is -2.41. The largest absolute Gasteiger partial charge is 0.534 e. The van der Waals surface area contributed by atoms with Gasteiger partial charge in [-0.05, 0) is 27.2 Å². The fraction of sp³-hybridized carbons (Fsp3) is 0.706. The minimum Gasteiger partial charge on any atom is -0.444 e. The van der Waals surface area contributed by atoms with Crippen molar-refractivity contribution in [3.05, 3.63) is 11.8 Å². The van der Waals surface area contributed by atoms with Gasteiger partial charge in [0.25, 0.3) is 0 Å². The molecule has 31 heavy (non-hydrogen) atoms. The highest BCUT2D eigenvalue weighted by atomic mass is 32.2. The highest BCUT2D eigenvalue weighted by Gasteiger charge is 2.49. The molecule has 14 heteroatoms. The fourth-order valence-electron chi connectivity index (χ4n) is 2.94. The van der Waals surface area contributed by atoms with Crippen molar-refractivity contribution in [2.45, 2.75) is 44.3 Å². The number of anilines is 1. The topological polar surface area (TPSA) is 111 Å². The Bertz CT molecular complexity index is 929. The summed E-state index contributed by atoms with van der Waals surface area (Å²) in [6.07, 6.45) is -0.148. The maximum atomic E-state index is 12.8. The van der Waals surface area contributed by atoms with Crippen LogP contribution in [0.15, 0.2) is 6.07 Å². The predicted molar refractivity (Wildman–Crippen MR) is 101 cm³/mol. The van der Waals surface area contributed by atoms with Crippen LogP contribution in [0.25, 0.3) is 0 Å². The van der Waals surface area contributed by atoms with Crippen molar-refractivity contribution in [3.8, 4) is 5.88 Å². The SMILES string of the molecule is CC(C)(C)OC(=O)N1CCC1c1cc(OS(=O)(=O)C(F)(F)F)nc(N2CCOCC2)n1. The molecule has 174 valence electrons. The summed E-state index contributed by atoms with van der Waals surface area (Å²) >= 11 is 0. The lowest BCUT2D eigenvalue weighted by molar-refractivity contribution is -0.0501. The Kier molecular flexibility index (Phi) is 6.24. The first-order chi connectivity index (χ1) is 14.3. The Morgan fingerprint density at radius 2 is 1.81 bits per heavy atom. The van der Waals surface area contributed by atoms with Gasteiger partial charge in [0.2, 0.25) is 11.8 Å². The van der Waals surface area contributed by atoms with Crippen molar-refractivity contribution < 1.29 is 40.0 Å². The van der Waals surface area contributed by atoms with E-state index in [0.29, 0.717) is 39.3 Å². The molecule has 1 unspecified atom stereocenters. The molecule has 2 aliphatic heterocycles. The number of rotatable bonds is 4. The summed E-state index contributed by atoms with van der Waals surface area (Å²) < 4.78 is 76.1. The second kappa shape index (κ2) is 8.30. The van der Waals surface area contributed by atoms with Crippen molar-refractivity contribution >= 4 is 22.2 Å². The first-order valence-corrected chi connectivity index (χ1v) is 10.9. The molecule has 10 nitrogen and oxygen atoms in total. The first kappa shape index (κ1) is 23.3. The van der Waals surface area contributed by atoms with E-state index in [1.165, 1.54) is 4.90 Å². The van der Waals surface area contributed by atoms with Crippen LogP contribution >= 0.6 is 0 Å². The number of morpholine rings is 1. The van der Waals surface area contributed by atoms with Gasteiger partial charge in [-0.2, -0.15) is 26.6 Å². The van der Waals surface area contributed by atoms with E-state index >= 15 is 0 Å². The maximum absolute atomic E-state index is 12.8. The summed E-state index contributed by atoms with van der Waals surface area (Å²) in [6, 6.07) is 0.377. The third-order valence-corrected chi connectivity index (χ3v) is 5.43. The Hall–Kier alpha value is -2.35. The molecule has 0 bridgehead atoms. The molecule has 1 amide bonds. The summed E-state index contributed by atoms with van der Waals surface area (Å²) in [5, 5.41) is 0. The average Bonchev–Trinajstić information content (AvgIpc) is 2.58. The lowest BCUT2D eigenvalue weighted by atomic mass is 10.00. The van der Waals surface area contributed by atoms with Gasteiger partial charge >= 0.3 is 21.7 Å². The maximum Gasteiger partial charge on any atom is 0.534 e. The van der Waals surface area contributed by atoms with Crippen molar-refractivity contribution in [1.82, 2.24) is 14.9 Å². The summed E-state index contributed by atoms with van der Waals surface area (Å²) in [5.41, 5.74) is -6.20. The number of hydrogen-bond acceptors (Lipinski definition) is 9. The van der Waals surface area contributed by atoms with Gasteiger partial charge in [0.05, 0.1) is 24.9 Å². The quantitative estimate of drug-likeness (QED) is 0.485. The Morgan fingerprint density at radius 3 is 2.32 bits per heavy atom. The monoisotopic (exact) mass is 468 g/mol. The normalized spacial score (nSPS) is 20.3. The Labute approximate surface area is 177 Å². The number of carbonyl (C=O) groups excluding carboxylic acids is 1. The van der Waals surface area contributed by atoms with Gasteiger partial charge in [0.1, 0.15) is 5.60 Å². The van der Waals surface area contributed by atoms with Crippen LogP contribution in [0.3, 0.4) is 0 Å². The standard InChI is InChI=1S/C17H23F3N4O6S/c1-16(2,3)29-15(25)24-5-4-12(24)11-10-13(30-31(26,27)17(18,19)20)22-14(21-11)23-6-8-28-9-7-23/h10,12H,4-9H2,1-3H3. The third kappa shape index (κ3) is 5.47. The highest BCUT2D eigenvalue weighted by Crippen LogP contribution is 2.36. The van der Waals surface area contributed by atoms with Crippen LogP contribution < -0.4 is 9.08 Å². The molecule has 0 saturated carbocycles. The van der Waals surface area contributed by atoms with Crippen LogP contribution in [0.2, 0.25) is 0 Å². The van der Waals surface area contributed by atoms with Gasteiger partial charge in [0, 0.05) is 25.7 Å². The predicted octanol–water partition coefficient (Wildman–Crippen LogP) is 2.22. The molecule has 0 aromatic carbocycles. The number of aromatic nitrogens is 2. The summed E-state index contributed by atoms with van der Waals surface area (Å²) in [4.78, 5) is 23.6. The fourth-order valence-corrected chi connectivity index (χ4v) is 3.35. The molecule has 2 aliphatic rings. The van der Waals surface area contributed by atoms with Crippen molar-refractivity contribution in [2.75, 3.05) is 37.7 Å². The second-order valence-corrected chi connectivity index (χ2v) is 9.53. The van der Waals surface area contributed by atoms with Crippen LogP contribution in [-0.2, 0) is 19.6 Å². The molecule has 1 atom stereocenters. The summed E-state index contributed by atoms with van der Waals surface area (Å²) in [6.45, 7) is 6.87. The van der Waals surface area contributed by atoms with Crippen LogP contribution in [0, 0.1) is 0 Å². The molecular weight excluding hydrogens is 445 g/mol. The number of ether oxygens (including phenoxy) is 2. The number of nitrogens with zero attached hydrogens (tertiary/aromatic N) is 4. The van der Waals surface area contributed by atoms with Gasteiger partial charge < -0.3 is 18.6 Å². The van der Waals surface area contributed by atoms with Crippen LogP contribution in [0.4, 0.5) is 23.9 Å². The molecule has 3 rings (SSSR count). The van der Waals surface area contributed by atoms with Gasteiger partial charge in [-0.1, -0.05) is 0 Å².